The minimum absolute atomic E-state index is 0.0764. The number of anilines is 1. The number of carbonyl (C=O) groups is 2. The zero-order valence-corrected chi connectivity index (χ0v) is 22.6. The molecular weight excluding hydrogens is 560 g/mol. The Morgan fingerprint density at radius 2 is 1.76 bits per heavy atom. The number of halogens is 5. The number of hydrogen-bond acceptors (Lipinski definition) is 2. The molecule has 1 saturated carbocycles. The number of nitrogens with zero attached hydrogens (tertiary/aromatic N) is 2. The Balaban J connectivity index is 1.33. The molecule has 41 heavy (non-hydrogen) atoms. The number of nitrogens with one attached hydrogen (secondary N) is 2. The van der Waals surface area contributed by atoms with Crippen molar-refractivity contribution < 1.29 is 27.2 Å². The van der Waals surface area contributed by atoms with E-state index in [1.807, 2.05) is 30.5 Å². The first-order chi connectivity index (χ1) is 19.6. The van der Waals surface area contributed by atoms with E-state index in [1.165, 1.54) is 29.2 Å². The molecule has 0 spiro atoms. The number of hydrogen-bond donors (Lipinski definition) is 2. The Kier molecular flexibility index (Phi) is 8.21. The predicted molar refractivity (Wildman–Crippen MR) is 149 cm³/mol. The minimum atomic E-state index is -4.46. The van der Waals surface area contributed by atoms with Gasteiger partial charge in [0.2, 0.25) is 5.91 Å². The third-order valence-electron chi connectivity index (χ3n) is 7.06. The van der Waals surface area contributed by atoms with Gasteiger partial charge in [-0.1, -0.05) is 41.9 Å². The second-order valence-electron chi connectivity index (χ2n) is 10.0. The molecule has 1 aliphatic rings. The second kappa shape index (κ2) is 11.8. The molecule has 2 N–H and O–H groups in total. The molecule has 6 nitrogen and oxygen atoms in total. The highest BCUT2D eigenvalue weighted by atomic mass is 35.5. The SMILES string of the molecule is O=C(CN(C(=O)Nc1ccc(F)c(Cl)c1)C1CC1)N(CCc1c[nH]c2ccccc12)Cc1ccc(C(F)(F)F)cc1. The molecular formula is C30H27ClF4N4O2. The number of para-hydroxylation sites is 1. The number of rotatable bonds is 9. The van der Waals surface area contributed by atoms with Crippen molar-refractivity contribution in [1.29, 1.82) is 0 Å². The van der Waals surface area contributed by atoms with E-state index in [4.69, 9.17) is 11.6 Å². The average molecular weight is 587 g/mol. The van der Waals surface area contributed by atoms with Gasteiger partial charge in [0.15, 0.2) is 0 Å². The van der Waals surface area contributed by atoms with E-state index >= 15 is 0 Å². The van der Waals surface area contributed by atoms with Gasteiger partial charge in [-0.15, -0.1) is 0 Å². The first-order valence-electron chi connectivity index (χ1n) is 13.1. The number of urea groups is 1. The van der Waals surface area contributed by atoms with Crippen LogP contribution in [0.15, 0.2) is 72.9 Å². The molecule has 1 aromatic heterocycles. The van der Waals surface area contributed by atoms with Gasteiger partial charge in [-0.3, -0.25) is 4.79 Å². The van der Waals surface area contributed by atoms with E-state index in [2.05, 4.69) is 10.3 Å². The van der Waals surface area contributed by atoms with Crippen LogP contribution in [0.1, 0.15) is 29.5 Å². The molecule has 3 aromatic carbocycles. The van der Waals surface area contributed by atoms with E-state index < -0.39 is 23.6 Å². The number of amides is 3. The highest BCUT2D eigenvalue weighted by Crippen LogP contribution is 2.30. The lowest BCUT2D eigenvalue weighted by molar-refractivity contribution is -0.137. The zero-order chi connectivity index (χ0) is 29.1. The van der Waals surface area contributed by atoms with Gasteiger partial charge in [-0.05, 0) is 66.8 Å². The minimum Gasteiger partial charge on any atom is -0.361 e. The van der Waals surface area contributed by atoms with Crippen molar-refractivity contribution in [1.82, 2.24) is 14.8 Å². The van der Waals surface area contributed by atoms with Gasteiger partial charge in [-0.25, -0.2) is 9.18 Å². The maximum absolute atomic E-state index is 13.6. The molecule has 0 bridgehead atoms. The Morgan fingerprint density at radius 3 is 2.44 bits per heavy atom. The Labute approximate surface area is 238 Å². The standard InChI is InChI=1S/C30H27ClF4N4O2/c31-25-15-22(9-12-26(25)32)37-29(41)39(23-10-11-23)18-28(40)38(17-19-5-7-21(8-6-19)30(33,34)35)14-13-20-16-36-27-4-2-1-3-24(20)27/h1-9,12,15-16,23,36H,10-11,13-14,17-18H2,(H,37,41). The molecule has 1 aliphatic carbocycles. The van der Waals surface area contributed by atoms with E-state index in [-0.39, 0.29) is 36.6 Å². The number of carbonyl (C=O) groups excluding carboxylic acids is 2. The fourth-order valence-electron chi connectivity index (χ4n) is 4.67. The second-order valence-corrected chi connectivity index (χ2v) is 10.4. The van der Waals surface area contributed by atoms with Crippen LogP contribution in [0, 0.1) is 5.82 Å². The third kappa shape index (κ3) is 7.00. The predicted octanol–water partition coefficient (Wildman–Crippen LogP) is 7.25. The molecule has 3 amide bonds. The number of aromatic amines is 1. The fraction of sp³-hybridized carbons (Fsp3) is 0.267. The van der Waals surface area contributed by atoms with Crippen molar-refractivity contribution in [2.45, 2.75) is 38.0 Å². The first kappa shape index (κ1) is 28.5. The van der Waals surface area contributed by atoms with Crippen LogP contribution in [-0.4, -0.2) is 45.9 Å². The van der Waals surface area contributed by atoms with E-state index in [9.17, 15) is 27.2 Å². The molecule has 1 heterocycles. The molecule has 0 saturated heterocycles. The van der Waals surface area contributed by atoms with Gasteiger partial charge in [0.25, 0.3) is 0 Å². The van der Waals surface area contributed by atoms with Crippen LogP contribution in [0.25, 0.3) is 10.9 Å². The van der Waals surface area contributed by atoms with Crippen molar-refractivity contribution in [2.75, 3.05) is 18.4 Å². The summed E-state index contributed by atoms with van der Waals surface area (Å²) in [4.78, 5) is 33.0. The van der Waals surface area contributed by atoms with Crippen LogP contribution >= 0.6 is 11.6 Å². The van der Waals surface area contributed by atoms with Gasteiger partial charge in [0.1, 0.15) is 12.4 Å². The van der Waals surface area contributed by atoms with Gasteiger partial charge >= 0.3 is 12.2 Å². The maximum atomic E-state index is 13.6. The molecule has 0 atom stereocenters. The monoisotopic (exact) mass is 586 g/mol. The van der Waals surface area contributed by atoms with Gasteiger partial charge in [-0.2, -0.15) is 13.2 Å². The molecule has 0 aliphatic heterocycles. The van der Waals surface area contributed by atoms with E-state index in [0.29, 0.717) is 17.7 Å². The summed E-state index contributed by atoms with van der Waals surface area (Å²) in [7, 11) is 0. The quantitative estimate of drug-likeness (QED) is 0.203. The number of fused-ring (bicyclic) bond motifs is 1. The maximum Gasteiger partial charge on any atom is 0.416 e. The normalized spacial score (nSPS) is 13.3. The fourth-order valence-corrected chi connectivity index (χ4v) is 4.85. The molecule has 214 valence electrons. The average Bonchev–Trinajstić information content (AvgIpc) is 3.70. The highest BCUT2D eigenvalue weighted by molar-refractivity contribution is 6.31. The van der Waals surface area contributed by atoms with Crippen LogP contribution in [0.4, 0.5) is 28.0 Å². The number of aromatic nitrogens is 1. The van der Waals surface area contributed by atoms with Gasteiger partial charge in [0.05, 0.1) is 10.6 Å². The van der Waals surface area contributed by atoms with E-state index in [0.717, 1.165) is 47.5 Å². The van der Waals surface area contributed by atoms with Crippen LogP contribution in [0.5, 0.6) is 0 Å². The first-order valence-corrected chi connectivity index (χ1v) is 13.5. The Morgan fingerprint density at radius 1 is 1.02 bits per heavy atom. The summed E-state index contributed by atoms with van der Waals surface area (Å²) in [6, 6.07) is 15.6. The van der Waals surface area contributed by atoms with Crippen molar-refractivity contribution in [2.24, 2.45) is 0 Å². The lowest BCUT2D eigenvalue weighted by atomic mass is 10.1. The summed E-state index contributed by atoms with van der Waals surface area (Å²) in [5.74, 6) is -0.961. The smallest absolute Gasteiger partial charge is 0.361 e. The van der Waals surface area contributed by atoms with Crippen LogP contribution in [0.2, 0.25) is 5.02 Å². The van der Waals surface area contributed by atoms with Gasteiger partial charge in [0, 0.05) is 41.9 Å². The summed E-state index contributed by atoms with van der Waals surface area (Å²) >= 11 is 5.84. The third-order valence-corrected chi connectivity index (χ3v) is 7.35. The lowest BCUT2D eigenvalue weighted by Gasteiger charge is -2.28. The summed E-state index contributed by atoms with van der Waals surface area (Å²) in [5, 5.41) is 3.55. The van der Waals surface area contributed by atoms with Crippen molar-refractivity contribution in [3.63, 3.8) is 0 Å². The molecule has 0 radical (unpaired) electrons. The topological polar surface area (TPSA) is 68.4 Å². The molecule has 1 fully saturated rings. The van der Waals surface area contributed by atoms with Crippen LogP contribution < -0.4 is 5.32 Å². The molecule has 5 rings (SSSR count). The highest BCUT2D eigenvalue weighted by Gasteiger charge is 2.35. The number of H-pyrrole nitrogens is 1. The summed E-state index contributed by atoms with van der Waals surface area (Å²) in [6.07, 6.45) is -0.613. The van der Waals surface area contributed by atoms with Gasteiger partial charge < -0.3 is 20.1 Å². The number of alkyl halides is 3. The largest absolute Gasteiger partial charge is 0.416 e. The Hall–Kier alpha value is -4.05. The number of benzene rings is 3. The van der Waals surface area contributed by atoms with Crippen LogP contribution in [0.3, 0.4) is 0 Å². The van der Waals surface area contributed by atoms with E-state index in [1.54, 1.807) is 4.90 Å². The molecule has 4 aromatic rings. The van der Waals surface area contributed by atoms with Crippen molar-refractivity contribution >= 4 is 40.1 Å². The zero-order valence-electron chi connectivity index (χ0n) is 21.8. The van der Waals surface area contributed by atoms with Crippen LogP contribution in [-0.2, 0) is 23.9 Å². The van der Waals surface area contributed by atoms with Crippen molar-refractivity contribution in [3.05, 3.63) is 100 Å². The summed E-state index contributed by atoms with van der Waals surface area (Å²) < 4.78 is 52.8. The Bertz CT molecular complexity index is 1550. The summed E-state index contributed by atoms with van der Waals surface area (Å²) in [6.45, 7) is 0.141. The van der Waals surface area contributed by atoms with Crippen molar-refractivity contribution in [3.8, 4) is 0 Å². The molecule has 0 unspecified atom stereocenters. The summed E-state index contributed by atoms with van der Waals surface area (Å²) in [5.41, 5.74) is 2.01. The lowest BCUT2D eigenvalue weighted by Crippen LogP contribution is -2.45. The molecule has 11 heteroatoms.